The molecule has 0 radical (unpaired) electrons. The molecule has 1 unspecified atom stereocenters. The SMILES string of the molecule is CCC1CCCCN1c1cc(C(=O)Nc2cccc(C)c2)ncn1. The molecule has 3 rings (SSSR count). The highest BCUT2D eigenvalue weighted by atomic mass is 16.1. The van der Waals surface area contributed by atoms with Gasteiger partial charge in [-0.3, -0.25) is 4.79 Å². The van der Waals surface area contributed by atoms with Gasteiger partial charge in [0.25, 0.3) is 5.91 Å². The Balaban J connectivity index is 1.78. The van der Waals surface area contributed by atoms with E-state index in [4.69, 9.17) is 0 Å². The number of hydrogen-bond donors (Lipinski definition) is 1. The number of aryl methyl sites for hydroxylation is 1. The Kier molecular flexibility index (Phi) is 5.08. The molecule has 1 fully saturated rings. The van der Waals surface area contributed by atoms with Gasteiger partial charge in [-0.2, -0.15) is 0 Å². The van der Waals surface area contributed by atoms with Crippen molar-refractivity contribution in [1.82, 2.24) is 9.97 Å². The summed E-state index contributed by atoms with van der Waals surface area (Å²) in [5.41, 5.74) is 2.29. The summed E-state index contributed by atoms with van der Waals surface area (Å²) in [6.07, 6.45) is 6.20. The van der Waals surface area contributed by atoms with Crippen molar-refractivity contribution in [2.45, 2.75) is 45.6 Å². The van der Waals surface area contributed by atoms with E-state index in [1.165, 1.54) is 25.6 Å². The molecule has 1 aliphatic heterocycles. The number of carbonyl (C=O) groups is 1. The van der Waals surface area contributed by atoms with Crippen LogP contribution in [0.25, 0.3) is 0 Å². The smallest absolute Gasteiger partial charge is 0.274 e. The number of nitrogens with one attached hydrogen (secondary N) is 1. The van der Waals surface area contributed by atoms with Gasteiger partial charge in [-0.15, -0.1) is 0 Å². The van der Waals surface area contributed by atoms with Gasteiger partial charge in [0.2, 0.25) is 0 Å². The van der Waals surface area contributed by atoms with Crippen molar-refractivity contribution < 1.29 is 4.79 Å². The monoisotopic (exact) mass is 324 g/mol. The van der Waals surface area contributed by atoms with Gasteiger partial charge < -0.3 is 10.2 Å². The number of piperidine rings is 1. The zero-order valence-electron chi connectivity index (χ0n) is 14.3. The number of hydrogen-bond acceptors (Lipinski definition) is 4. The summed E-state index contributed by atoms with van der Waals surface area (Å²) in [6.45, 7) is 5.20. The lowest BCUT2D eigenvalue weighted by Crippen LogP contribution is -2.39. The molecule has 0 aliphatic carbocycles. The Morgan fingerprint density at radius 1 is 1.29 bits per heavy atom. The highest BCUT2D eigenvalue weighted by Crippen LogP contribution is 2.25. The number of benzene rings is 1. The van der Waals surface area contributed by atoms with Gasteiger partial charge in [-0.25, -0.2) is 9.97 Å². The molecule has 2 aromatic rings. The first-order valence-corrected chi connectivity index (χ1v) is 8.64. The number of nitrogens with zero attached hydrogens (tertiary/aromatic N) is 3. The van der Waals surface area contributed by atoms with Crippen LogP contribution in [-0.4, -0.2) is 28.5 Å². The Bertz CT molecular complexity index is 716. The van der Waals surface area contributed by atoms with Crippen LogP contribution in [0.4, 0.5) is 11.5 Å². The normalized spacial score (nSPS) is 17.6. The minimum atomic E-state index is -0.200. The lowest BCUT2D eigenvalue weighted by atomic mass is 10.00. The van der Waals surface area contributed by atoms with Crippen molar-refractivity contribution >= 4 is 17.4 Å². The number of amides is 1. The topological polar surface area (TPSA) is 58.1 Å². The lowest BCUT2D eigenvalue weighted by Gasteiger charge is -2.36. The fourth-order valence-electron chi connectivity index (χ4n) is 3.27. The predicted octanol–water partition coefficient (Wildman–Crippen LogP) is 3.81. The van der Waals surface area contributed by atoms with Crippen LogP contribution < -0.4 is 10.2 Å². The van der Waals surface area contributed by atoms with Crippen molar-refractivity contribution in [2.24, 2.45) is 0 Å². The number of rotatable bonds is 4. The highest BCUT2D eigenvalue weighted by molar-refractivity contribution is 6.03. The third-order valence-corrected chi connectivity index (χ3v) is 4.55. The van der Waals surface area contributed by atoms with Crippen LogP contribution in [0.3, 0.4) is 0 Å². The molecule has 0 spiro atoms. The zero-order valence-corrected chi connectivity index (χ0v) is 14.3. The maximum atomic E-state index is 12.5. The minimum absolute atomic E-state index is 0.200. The molecular weight excluding hydrogens is 300 g/mol. The molecule has 1 aliphatic rings. The Labute approximate surface area is 143 Å². The Morgan fingerprint density at radius 3 is 2.96 bits per heavy atom. The summed E-state index contributed by atoms with van der Waals surface area (Å²) in [4.78, 5) is 23.4. The average Bonchev–Trinajstić information content (AvgIpc) is 2.62. The van der Waals surface area contributed by atoms with Gasteiger partial charge in [0.05, 0.1) is 0 Å². The molecule has 1 amide bonds. The minimum Gasteiger partial charge on any atom is -0.354 e. The Morgan fingerprint density at radius 2 is 2.17 bits per heavy atom. The van der Waals surface area contributed by atoms with Crippen LogP contribution in [0.1, 0.15) is 48.7 Å². The van der Waals surface area contributed by atoms with E-state index in [0.717, 1.165) is 30.0 Å². The molecule has 1 atom stereocenters. The second-order valence-electron chi connectivity index (χ2n) is 6.34. The number of carbonyl (C=O) groups excluding carboxylic acids is 1. The third kappa shape index (κ3) is 3.72. The van der Waals surface area contributed by atoms with E-state index < -0.39 is 0 Å². The lowest BCUT2D eigenvalue weighted by molar-refractivity contribution is 0.102. The van der Waals surface area contributed by atoms with Crippen molar-refractivity contribution in [3.05, 3.63) is 47.9 Å². The zero-order chi connectivity index (χ0) is 16.9. The molecule has 24 heavy (non-hydrogen) atoms. The summed E-state index contributed by atoms with van der Waals surface area (Å²) >= 11 is 0. The summed E-state index contributed by atoms with van der Waals surface area (Å²) in [5, 5.41) is 2.91. The van der Waals surface area contributed by atoms with Crippen LogP contribution in [0.15, 0.2) is 36.7 Å². The first-order chi connectivity index (χ1) is 11.7. The van der Waals surface area contributed by atoms with Gasteiger partial charge >= 0.3 is 0 Å². The second kappa shape index (κ2) is 7.43. The number of anilines is 2. The standard InChI is InChI=1S/C19H24N4O/c1-3-16-9-4-5-10-23(16)18-12-17(20-13-21-18)19(24)22-15-8-6-7-14(2)11-15/h6-8,11-13,16H,3-5,9-10H2,1-2H3,(H,22,24). The maximum Gasteiger partial charge on any atom is 0.274 e. The van der Waals surface area contributed by atoms with Crippen LogP contribution in [-0.2, 0) is 0 Å². The van der Waals surface area contributed by atoms with Gasteiger partial charge in [-0.1, -0.05) is 19.1 Å². The van der Waals surface area contributed by atoms with Crippen LogP contribution in [0, 0.1) is 6.92 Å². The molecule has 0 bridgehead atoms. The maximum absolute atomic E-state index is 12.5. The molecule has 0 saturated carbocycles. The van der Waals surface area contributed by atoms with E-state index in [1.807, 2.05) is 31.2 Å². The highest BCUT2D eigenvalue weighted by Gasteiger charge is 2.23. The van der Waals surface area contributed by atoms with Crippen molar-refractivity contribution in [3.8, 4) is 0 Å². The molecule has 1 aromatic heterocycles. The first-order valence-electron chi connectivity index (χ1n) is 8.64. The summed E-state index contributed by atoms with van der Waals surface area (Å²) < 4.78 is 0. The first kappa shape index (κ1) is 16.4. The molecule has 1 N–H and O–H groups in total. The van der Waals surface area contributed by atoms with Crippen molar-refractivity contribution in [2.75, 3.05) is 16.8 Å². The van der Waals surface area contributed by atoms with Crippen LogP contribution in [0.2, 0.25) is 0 Å². The van der Waals surface area contributed by atoms with Crippen molar-refractivity contribution in [1.29, 1.82) is 0 Å². The van der Waals surface area contributed by atoms with Gasteiger partial charge in [0.15, 0.2) is 0 Å². The fourth-order valence-corrected chi connectivity index (χ4v) is 3.27. The Hall–Kier alpha value is -2.43. The predicted molar refractivity (Wildman–Crippen MR) is 96.4 cm³/mol. The van der Waals surface area contributed by atoms with Crippen LogP contribution in [0.5, 0.6) is 0 Å². The largest absolute Gasteiger partial charge is 0.354 e. The fraction of sp³-hybridized carbons (Fsp3) is 0.421. The van der Waals surface area contributed by atoms with Gasteiger partial charge in [0.1, 0.15) is 17.8 Å². The van der Waals surface area contributed by atoms with E-state index in [0.29, 0.717) is 11.7 Å². The molecule has 1 aromatic carbocycles. The van der Waals surface area contributed by atoms with Crippen molar-refractivity contribution in [3.63, 3.8) is 0 Å². The summed E-state index contributed by atoms with van der Waals surface area (Å²) in [5.74, 6) is 0.653. The van der Waals surface area contributed by atoms with Gasteiger partial charge in [-0.05, 0) is 50.3 Å². The van der Waals surface area contributed by atoms with Gasteiger partial charge in [0, 0.05) is 24.3 Å². The molecule has 1 saturated heterocycles. The molecule has 5 heteroatoms. The van der Waals surface area contributed by atoms with E-state index in [2.05, 4.69) is 27.1 Å². The van der Waals surface area contributed by atoms with E-state index in [1.54, 1.807) is 6.07 Å². The van der Waals surface area contributed by atoms with E-state index >= 15 is 0 Å². The van der Waals surface area contributed by atoms with E-state index in [-0.39, 0.29) is 5.91 Å². The van der Waals surface area contributed by atoms with E-state index in [9.17, 15) is 4.79 Å². The second-order valence-corrected chi connectivity index (χ2v) is 6.34. The summed E-state index contributed by atoms with van der Waals surface area (Å²) in [7, 11) is 0. The molecular formula is C19H24N4O. The average molecular weight is 324 g/mol. The summed E-state index contributed by atoms with van der Waals surface area (Å²) in [6, 6.07) is 10.1. The molecule has 5 nitrogen and oxygen atoms in total. The molecule has 2 heterocycles. The third-order valence-electron chi connectivity index (χ3n) is 4.55. The van der Waals surface area contributed by atoms with Crippen LogP contribution >= 0.6 is 0 Å². The quantitative estimate of drug-likeness (QED) is 0.929. The molecule has 126 valence electrons. The number of aromatic nitrogens is 2.